The number of benzene rings is 1. The molecule has 72 valence electrons. The first-order valence-electron chi connectivity index (χ1n) is 4.16. The number of rotatable bonds is 2. The van der Waals surface area contributed by atoms with E-state index in [9.17, 15) is 5.11 Å². The lowest BCUT2D eigenvalue weighted by Crippen LogP contribution is -1.95. The minimum absolute atomic E-state index is 0.0580. The van der Waals surface area contributed by atoms with Crippen molar-refractivity contribution in [2.45, 2.75) is 20.3 Å². The third-order valence-electron chi connectivity index (χ3n) is 2.20. The van der Waals surface area contributed by atoms with Gasteiger partial charge in [-0.05, 0) is 52.9 Å². The molecule has 2 nitrogen and oxygen atoms in total. The Kier molecular flexibility index (Phi) is 3.33. The number of phenolic OH excluding ortho intramolecular Hbond substituents is 1. The highest BCUT2D eigenvalue weighted by Crippen LogP contribution is 2.33. The van der Waals surface area contributed by atoms with Crippen molar-refractivity contribution in [3.8, 4) is 5.75 Å². The zero-order chi connectivity index (χ0) is 10.0. The fourth-order valence-corrected chi connectivity index (χ4v) is 1.81. The van der Waals surface area contributed by atoms with Crippen molar-refractivity contribution < 1.29 is 10.2 Å². The standard InChI is InChI=1S/C10H13BrO2/c1-6-5-8(3-4-12)10(13)9(11)7(6)2/h5,12-13H,3-4H2,1-2H3. The molecule has 3 heteroatoms. The number of halogens is 1. The Balaban J connectivity index is 3.24. The van der Waals surface area contributed by atoms with Gasteiger partial charge in [-0.25, -0.2) is 0 Å². The van der Waals surface area contributed by atoms with Crippen LogP contribution in [-0.4, -0.2) is 16.8 Å². The summed E-state index contributed by atoms with van der Waals surface area (Å²) < 4.78 is 0.732. The molecule has 1 rings (SSSR count). The molecule has 0 fully saturated rings. The Morgan fingerprint density at radius 2 is 2.00 bits per heavy atom. The van der Waals surface area contributed by atoms with Crippen molar-refractivity contribution in [1.82, 2.24) is 0 Å². The van der Waals surface area contributed by atoms with Gasteiger partial charge in [0.2, 0.25) is 0 Å². The Morgan fingerprint density at radius 3 is 2.54 bits per heavy atom. The molecule has 0 unspecified atom stereocenters. The molecule has 0 aliphatic heterocycles. The number of aliphatic hydroxyl groups excluding tert-OH is 1. The first-order valence-corrected chi connectivity index (χ1v) is 4.95. The van der Waals surface area contributed by atoms with Crippen molar-refractivity contribution in [1.29, 1.82) is 0 Å². The Labute approximate surface area is 86.3 Å². The third kappa shape index (κ3) is 2.03. The van der Waals surface area contributed by atoms with E-state index >= 15 is 0 Å². The second-order valence-electron chi connectivity index (χ2n) is 3.11. The van der Waals surface area contributed by atoms with Gasteiger partial charge in [0.25, 0.3) is 0 Å². The van der Waals surface area contributed by atoms with Crippen LogP contribution in [0.15, 0.2) is 10.5 Å². The van der Waals surface area contributed by atoms with E-state index in [4.69, 9.17) is 5.11 Å². The summed E-state index contributed by atoms with van der Waals surface area (Å²) in [7, 11) is 0. The smallest absolute Gasteiger partial charge is 0.133 e. The number of aliphatic hydroxyl groups is 1. The van der Waals surface area contributed by atoms with Crippen LogP contribution in [0.5, 0.6) is 5.75 Å². The molecule has 2 N–H and O–H groups in total. The van der Waals surface area contributed by atoms with Gasteiger partial charge in [-0.1, -0.05) is 6.07 Å². The molecule has 13 heavy (non-hydrogen) atoms. The van der Waals surface area contributed by atoms with Crippen LogP contribution >= 0.6 is 15.9 Å². The monoisotopic (exact) mass is 244 g/mol. The number of aromatic hydroxyl groups is 1. The molecule has 0 bridgehead atoms. The van der Waals surface area contributed by atoms with E-state index in [1.54, 1.807) is 0 Å². The molecule has 0 aromatic heterocycles. The molecule has 0 amide bonds. The third-order valence-corrected chi connectivity index (χ3v) is 3.18. The molecule has 0 saturated carbocycles. The summed E-state index contributed by atoms with van der Waals surface area (Å²) in [5.74, 6) is 0.247. The van der Waals surface area contributed by atoms with E-state index in [1.807, 2.05) is 19.9 Å². The summed E-state index contributed by atoms with van der Waals surface area (Å²) in [5, 5.41) is 18.4. The second kappa shape index (κ2) is 4.11. The van der Waals surface area contributed by atoms with Crippen LogP contribution in [0.4, 0.5) is 0 Å². The van der Waals surface area contributed by atoms with Crippen LogP contribution in [0.25, 0.3) is 0 Å². The van der Waals surface area contributed by atoms with Crippen LogP contribution in [0.1, 0.15) is 16.7 Å². The molecule has 0 atom stereocenters. The van der Waals surface area contributed by atoms with Gasteiger partial charge >= 0.3 is 0 Å². The lowest BCUT2D eigenvalue weighted by molar-refractivity contribution is 0.297. The highest BCUT2D eigenvalue weighted by Gasteiger charge is 2.09. The van der Waals surface area contributed by atoms with Crippen molar-refractivity contribution in [3.05, 3.63) is 27.2 Å². The summed E-state index contributed by atoms with van der Waals surface area (Å²) in [6.45, 7) is 3.99. The summed E-state index contributed by atoms with van der Waals surface area (Å²) in [4.78, 5) is 0. The van der Waals surface area contributed by atoms with Gasteiger partial charge in [0.15, 0.2) is 0 Å². The SMILES string of the molecule is Cc1cc(CCO)c(O)c(Br)c1C. The lowest BCUT2D eigenvalue weighted by Gasteiger charge is -2.10. The summed E-state index contributed by atoms with van der Waals surface area (Å²) in [5.41, 5.74) is 2.95. The lowest BCUT2D eigenvalue weighted by atomic mass is 10.0. The molecule has 0 saturated heterocycles. The van der Waals surface area contributed by atoms with Gasteiger partial charge in [0.1, 0.15) is 5.75 Å². The van der Waals surface area contributed by atoms with Gasteiger partial charge in [0.05, 0.1) is 4.47 Å². The minimum Gasteiger partial charge on any atom is -0.506 e. The zero-order valence-corrected chi connectivity index (χ0v) is 9.35. The molecule has 0 aliphatic carbocycles. The average molecular weight is 245 g/mol. The van der Waals surface area contributed by atoms with Gasteiger partial charge < -0.3 is 10.2 Å². The maximum atomic E-state index is 9.68. The fourth-order valence-electron chi connectivity index (χ4n) is 1.24. The van der Waals surface area contributed by atoms with Crippen LogP contribution in [0, 0.1) is 13.8 Å². The Morgan fingerprint density at radius 1 is 1.38 bits per heavy atom. The van der Waals surface area contributed by atoms with Gasteiger partial charge in [-0.3, -0.25) is 0 Å². The normalized spacial score (nSPS) is 10.5. The highest BCUT2D eigenvalue weighted by atomic mass is 79.9. The molecule has 0 aliphatic rings. The quantitative estimate of drug-likeness (QED) is 0.839. The first-order chi connectivity index (χ1) is 6.07. The second-order valence-corrected chi connectivity index (χ2v) is 3.91. The van der Waals surface area contributed by atoms with E-state index in [0.29, 0.717) is 6.42 Å². The number of aryl methyl sites for hydroxylation is 1. The predicted molar refractivity (Wildman–Crippen MR) is 56.1 cm³/mol. The van der Waals surface area contributed by atoms with E-state index in [-0.39, 0.29) is 12.4 Å². The van der Waals surface area contributed by atoms with Gasteiger partial charge in [-0.2, -0.15) is 0 Å². The number of hydrogen-bond donors (Lipinski definition) is 2. The summed E-state index contributed by atoms with van der Waals surface area (Å²) >= 11 is 3.32. The van der Waals surface area contributed by atoms with Crippen LogP contribution in [0.3, 0.4) is 0 Å². The van der Waals surface area contributed by atoms with E-state index < -0.39 is 0 Å². The predicted octanol–water partition coefficient (Wildman–Crippen LogP) is 2.31. The fraction of sp³-hybridized carbons (Fsp3) is 0.400. The van der Waals surface area contributed by atoms with Crippen LogP contribution in [-0.2, 0) is 6.42 Å². The molecule has 0 radical (unpaired) electrons. The molecule has 0 spiro atoms. The van der Waals surface area contributed by atoms with E-state index in [1.165, 1.54) is 0 Å². The van der Waals surface area contributed by atoms with Crippen molar-refractivity contribution in [2.24, 2.45) is 0 Å². The van der Waals surface area contributed by atoms with Crippen molar-refractivity contribution in [2.75, 3.05) is 6.61 Å². The van der Waals surface area contributed by atoms with Gasteiger partial charge in [-0.15, -0.1) is 0 Å². The highest BCUT2D eigenvalue weighted by molar-refractivity contribution is 9.10. The van der Waals surface area contributed by atoms with E-state index in [0.717, 1.165) is 21.2 Å². The topological polar surface area (TPSA) is 40.5 Å². The molecular weight excluding hydrogens is 232 g/mol. The molecule has 0 heterocycles. The number of hydrogen-bond acceptors (Lipinski definition) is 2. The van der Waals surface area contributed by atoms with E-state index in [2.05, 4.69) is 15.9 Å². The van der Waals surface area contributed by atoms with Crippen LogP contribution < -0.4 is 0 Å². The summed E-state index contributed by atoms with van der Waals surface area (Å²) in [6, 6.07) is 1.91. The number of phenols is 1. The summed E-state index contributed by atoms with van der Waals surface area (Å²) in [6.07, 6.45) is 0.492. The largest absolute Gasteiger partial charge is 0.506 e. The van der Waals surface area contributed by atoms with Crippen molar-refractivity contribution >= 4 is 15.9 Å². The maximum Gasteiger partial charge on any atom is 0.133 e. The molecule has 1 aromatic carbocycles. The van der Waals surface area contributed by atoms with Crippen molar-refractivity contribution in [3.63, 3.8) is 0 Å². The Hall–Kier alpha value is -0.540. The minimum atomic E-state index is 0.0580. The first kappa shape index (κ1) is 10.5. The Bertz CT molecular complexity index is 321. The van der Waals surface area contributed by atoms with Gasteiger partial charge in [0, 0.05) is 6.61 Å². The maximum absolute atomic E-state index is 9.68. The average Bonchev–Trinajstić information content (AvgIpc) is 2.11. The zero-order valence-electron chi connectivity index (χ0n) is 7.76. The molecule has 1 aromatic rings. The molecular formula is C10H13BrO2. The van der Waals surface area contributed by atoms with Crippen LogP contribution in [0.2, 0.25) is 0 Å².